The van der Waals surface area contributed by atoms with Gasteiger partial charge in [0.1, 0.15) is 5.82 Å². The normalized spacial score (nSPS) is 10.5. The fraction of sp³-hybridized carbons (Fsp3) is 0.364. The Morgan fingerprint density at radius 3 is 2.60 bits per heavy atom. The number of benzene rings is 1. The van der Waals surface area contributed by atoms with Crippen LogP contribution in [0.5, 0.6) is 5.75 Å². The molecule has 0 spiro atoms. The summed E-state index contributed by atoms with van der Waals surface area (Å²) in [7, 11) is 0. The Bertz CT molecular complexity index is 362. The molecule has 0 bridgehead atoms. The van der Waals surface area contributed by atoms with Crippen LogP contribution < -0.4 is 4.74 Å². The number of carbonyl (C=O) groups is 1. The Hall–Kier alpha value is -1.45. The number of hydrogen-bond acceptors (Lipinski definition) is 2. The standard InChI is InChI=1S/C11H12F2O2/c1-7(2)6-15-11-8(5-14)3-9(12)4-10(11)13/h3-5,7H,6H2,1-2H3. The minimum atomic E-state index is -0.849. The Morgan fingerprint density at radius 2 is 2.07 bits per heavy atom. The van der Waals surface area contributed by atoms with E-state index in [0.29, 0.717) is 12.4 Å². The summed E-state index contributed by atoms with van der Waals surface area (Å²) in [6.45, 7) is 4.06. The summed E-state index contributed by atoms with van der Waals surface area (Å²) in [5.74, 6) is -1.61. The van der Waals surface area contributed by atoms with Crippen LogP contribution in [-0.2, 0) is 0 Å². The van der Waals surface area contributed by atoms with Crippen LogP contribution in [0.3, 0.4) is 0 Å². The molecule has 0 aliphatic rings. The van der Waals surface area contributed by atoms with Gasteiger partial charge >= 0.3 is 0 Å². The first-order chi connectivity index (χ1) is 7.04. The molecule has 2 nitrogen and oxygen atoms in total. The van der Waals surface area contributed by atoms with Gasteiger partial charge in [0.2, 0.25) is 0 Å². The summed E-state index contributed by atoms with van der Waals surface area (Å²) in [6, 6.07) is 1.65. The van der Waals surface area contributed by atoms with Crippen LogP contribution in [0.1, 0.15) is 24.2 Å². The van der Waals surface area contributed by atoms with E-state index in [-0.39, 0.29) is 23.8 Å². The van der Waals surface area contributed by atoms with Gasteiger partial charge in [0.25, 0.3) is 0 Å². The molecule has 0 atom stereocenters. The van der Waals surface area contributed by atoms with Crippen molar-refractivity contribution >= 4 is 6.29 Å². The molecule has 1 aromatic carbocycles. The third-order valence-electron chi connectivity index (χ3n) is 1.73. The fourth-order valence-electron chi connectivity index (χ4n) is 1.07. The van der Waals surface area contributed by atoms with E-state index in [1.165, 1.54) is 0 Å². The largest absolute Gasteiger partial charge is 0.489 e. The molecule has 0 heterocycles. The quantitative estimate of drug-likeness (QED) is 0.720. The molecule has 0 aromatic heterocycles. The van der Waals surface area contributed by atoms with Crippen molar-refractivity contribution < 1.29 is 18.3 Å². The molecule has 1 rings (SSSR count). The maximum absolute atomic E-state index is 13.2. The minimum absolute atomic E-state index is 0.104. The molecule has 82 valence electrons. The molecular weight excluding hydrogens is 202 g/mol. The van der Waals surface area contributed by atoms with Gasteiger partial charge < -0.3 is 4.74 Å². The van der Waals surface area contributed by atoms with E-state index in [1.54, 1.807) is 0 Å². The van der Waals surface area contributed by atoms with Gasteiger partial charge in [-0.05, 0) is 12.0 Å². The zero-order valence-corrected chi connectivity index (χ0v) is 8.59. The number of carbonyl (C=O) groups excluding carboxylic acids is 1. The number of rotatable bonds is 4. The second-order valence-electron chi connectivity index (χ2n) is 3.63. The van der Waals surface area contributed by atoms with Crippen LogP contribution in [0.2, 0.25) is 0 Å². The van der Waals surface area contributed by atoms with Crippen molar-refractivity contribution in [3.63, 3.8) is 0 Å². The third-order valence-corrected chi connectivity index (χ3v) is 1.73. The van der Waals surface area contributed by atoms with E-state index < -0.39 is 11.6 Å². The van der Waals surface area contributed by atoms with Crippen LogP contribution in [0, 0.1) is 17.6 Å². The lowest BCUT2D eigenvalue weighted by Crippen LogP contribution is -2.08. The van der Waals surface area contributed by atoms with Crippen molar-refractivity contribution in [2.75, 3.05) is 6.61 Å². The Kier molecular flexibility index (Phi) is 3.77. The smallest absolute Gasteiger partial charge is 0.168 e. The highest BCUT2D eigenvalue weighted by Gasteiger charge is 2.12. The first-order valence-corrected chi connectivity index (χ1v) is 4.61. The van der Waals surface area contributed by atoms with E-state index in [0.717, 1.165) is 6.07 Å². The van der Waals surface area contributed by atoms with E-state index >= 15 is 0 Å². The van der Waals surface area contributed by atoms with Crippen LogP contribution in [-0.4, -0.2) is 12.9 Å². The van der Waals surface area contributed by atoms with Crippen molar-refractivity contribution in [1.82, 2.24) is 0 Å². The average molecular weight is 214 g/mol. The zero-order chi connectivity index (χ0) is 11.4. The second-order valence-corrected chi connectivity index (χ2v) is 3.63. The molecule has 0 amide bonds. The zero-order valence-electron chi connectivity index (χ0n) is 8.59. The van der Waals surface area contributed by atoms with Gasteiger partial charge in [-0.15, -0.1) is 0 Å². The van der Waals surface area contributed by atoms with E-state index in [1.807, 2.05) is 13.8 Å². The highest BCUT2D eigenvalue weighted by Crippen LogP contribution is 2.23. The molecule has 0 aliphatic carbocycles. The molecule has 15 heavy (non-hydrogen) atoms. The molecule has 0 radical (unpaired) electrons. The summed E-state index contributed by atoms with van der Waals surface area (Å²) in [5, 5.41) is 0. The van der Waals surface area contributed by atoms with Crippen LogP contribution >= 0.6 is 0 Å². The molecular formula is C11H12F2O2. The molecule has 0 saturated carbocycles. The predicted molar refractivity (Wildman–Crippen MR) is 52.1 cm³/mol. The second kappa shape index (κ2) is 4.87. The van der Waals surface area contributed by atoms with Gasteiger partial charge in [0, 0.05) is 6.07 Å². The van der Waals surface area contributed by atoms with Crippen LogP contribution in [0.25, 0.3) is 0 Å². The summed E-state index contributed by atoms with van der Waals surface area (Å²) in [4.78, 5) is 10.6. The first kappa shape index (κ1) is 11.6. The van der Waals surface area contributed by atoms with Gasteiger partial charge in [0.05, 0.1) is 12.2 Å². The van der Waals surface area contributed by atoms with Gasteiger partial charge in [-0.2, -0.15) is 0 Å². The summed E-state index contributed by atoms with van der Waals surface area (Å²) in [6.07, 6.45) is 0.377. The molecule has 0 fully saturated rings. The lowest BCUT2D eigenvalue weighted by Gasteiger charge is -2.11. The third kappa shape index (κ3) is 3.01. The molecule has 0 unspecified atom stereocenters. The molecule has 0 aliphatic heterocycles. The van der Waals surface area contributed by atoms with Gasteiger partial charge in [-0.1, -0.05) is 13.8 Å². The summed E-state index contributed by atoms with van der Waals surface area (Å²) >= 11 is 0. The van der Waals surface area contributed by atoms with Crippen molar-refractivity contribution in [2.45, 2.75) is 13.8 Å². The average Bonchev–Trinajstić information content (AvgIpc) is 2.14. The fourth-order valence-corrected chi connectivity index (χ4v) is 1.07. The monoisotopic (exact) mass is 214 g/mol. The molecule has 0 saturated heterocycles. The maximum atomic E-state index is 13.2. The number of halogens is 2. The van der Waals surface area contributed by atoms with E-state index in [2.05, 4.69) is 0 Å². The van der Waals surface area contributed by atoms with E-state index in [9.17, 15) is 13.6 Å². The number of hydrogen-bond donors (Lipinski definition) is 0. The number of ether oxygens (including phenoxy) is 1. The topological polar surface area (TPSA) is 26.3 Å². The highest BCUT2D eigenvalue weighted by molar-refractivity contribution is 5.79. The van der Waals surface area contributed by atoms with Gasteiger partial charge in [-0.25, -0.2) is 8.78 Å². The maximum Gasteiger partial charge on any atom is 0.168 e. The molecule has 0 N–H and O–H groups in total. The lowest BCUT2D eigenvalue weighted by molar-refractivity contribution is 0.111. The predicted octanol–water partition coefficient (Wildman–Crippen LogP) is 2.81. The highest BCUT2D eigenvalue weighted by atomic mass is 19.1. The van der Waals surface area contributed by atoms with E-state index in [4.69, 9.17) is 4.74 Å². The molecule has 1 aromatic rings. The van der Waals surface area contributed by atoms with Crippen molar-refractivity contribution in [1.29, 1.82) is 0 Å². The lowest BCUT2D eigenvalue weighted by atomic mass is 10.2. The van der Waals surface area contributed by atoms with Crippen LogP contribution in [0.15, 0.2) is 12.1 Å². The van der Waals surface area contributed by atoms with Crippen LogP contribution in [0.4, 0.5) is 8.78 Å². The minimum Gasteiger partial charge on any atom is -0.489 e. The Balaban J connectivity index is 2.99. The van der Waals surface area contributed by atoms with Crippen molar-refractivity contribution in [3.8, 4) is 5.75 Å². The summed E-state index contributed by atoms with van der Waals surface area (Å²) < 4.78 is 31.1. The first-order valence-electron chi connectivity index (χ1n) is 4.61. The Morgan fingerprint density at radius 1 is 1.40 bits per heavy atom. The Labute approximate surface area is 86.9 Å². The number of aldehydes is 1. The molecule has 4 heteroatoms. The van der Waals surface area contributed by atoms with Gasteiger partial charge in [-0.3, -0.25) is 4.79 Å². The summed E-state index contributed by atoms with van der Waals surface area (Å²) in [5.41, 5.74) is -0.104. The van der Waals surface area contributed by atoms with Crippen molar-refractivity contribution in [2.24, 2.45) is 5.92 Å². The SMILES string of the molecule is CC(C)COc1c(F)cc(F)cc1C=O. The van der Waals surface area contributed by atoms with Gasteiger partial charge in [0.15, 0.2) is 17.9 Å². The van der Waals surface area contributed by atoms with Crippen molar-refractivity contribution in [3.05, 3.63) is 29.3 Å².